The van der Waals surface area contributed by atoms with Gasteiger partial charge in [-0.15, -0.1) is 0 Å². The van der Waals surface area contributed by atoms with E-state index < -0.39 is 0 Å². The second-order valence-electron chi connectivity index (χ2n) is 2.56. The summed E-state index contributed by atoms with van der Waals surface area (Å²) < 4.78 is 5.35. The minimum absolute atomic E-state index is 0.535. The third kappa shape index (κ3) is 3.82. The smallest absolute Gasteiger partial charge is 0.119 e. The van der Waals surface area contributed by atoms with Crippen molar-refractivity contribution >= 4 is 11.6 Å². The lowest BCUT2D eigenvalue weighted by molar-refractivity contribution is 0.312. The van der Waals surface area contributed by atoms with Gasteiger partial charge in [-0.25, -0.2) is 0 Å². The standard InChI is InChI=1S/C10H10ClNO/c11-9-3-5-10(6-4-9)13-8-2-1-7-12/h3-6H,1-2,8H2. The number of hydrogen-bond acceptors (Lipinski definition) is 2. The molecule has 1 rings (SSSR count). The van der Waals surface area contributed by atoms with Crippen molar-refractivity contribution in [1.82, 2.24) is 0 Å². The number of nitrogens with zero attached hydrogens (tertiary/aromatic N) is 1. The van der Waals surface area contributed by atoms with Gasteiger partial charge in [0.2, 0.25) is 0 Å². The van der Waals surface area contributed by atoms with Crippen LogP contribution in [-0.4, -0.2) is 6.61 Å². The van der Waals surface area contributed by atoms with Crippen LogP contribution in [0.25, 0.3) is 0 Å². The molecule has 3 heteroatoms. The molecule has 1 aromatic rings. The Bertz CT molecular complexity index is 289. The van der Waals surface area contributed by atoms with Crippen LogP contribution >= 0.6 is 11.6 Å². The molecule has 0 atom stereocenters. The Hall–Kier alpha value is -1.20. The molecule has 0 N–H and O–H groups in total. The fourth-order valence-corrected chi connectivity index (χ4v) is 0.998. The zero-order valence-corrected chi connectivity index (χ0v) is 7.92. The topological polar surface area (TPSA) is 33.0 Å². The molecule has 0 heterocycles. The SMILES string of the molecule is N#CCCCOc1ccc(Cl)cc1. The summed E-state index contributed by atoms with van der Waals surface area (Å²) in [6.07, 6.45) is 1.30. The van der Waals surface area contributed by atoms with Gasteiger partial charge in [0.1, 0.15) is 5.75 Å². The van der Waals surface area contributed by atoms with E-state index in [0.717, 1.165) is 12.2 Å². The molecule has 0 bridgehead atoms. The predicted octanol–water partition coefficient (Wildman–Crippen LogP) is 3.02. The maximum Gasteiger partial charge on any atom is 0.119 e. The fraction of sp³-hybridized carbons (Fsp3) is 0.300. The van der Waals surface area contributed by atoms with Gasteiger partial charge in [-0.3, -0.25) is 0 Å². The Labute approximate surface area is 82.7 Å². The predicted molar refractivity (Wildman–Crippen MR) is 51.8 cm³/mol. The third-order valence-corrected chi connectivity index (χ3v) is 1.77. The summed E-state index contributed by atoms with van der Waals surface area (Å²) in [5, 5.41) is 8.98. The van der Waals surface area contributed by atoms with E-state index in [1.807, 2.05) is 12.1 Å². The number of rotatable bonds is 4. The number of hydrogen-bond donors (Lipinski definition) is 0. The van der Waals surface area contributed by atoms with Crippen molar-refractivity contribution in [3.05, 3.63) is 29.3 Å². The van der Waals surface area contributed by atoms with Crippen LogP contribution in [0.1, 0.15) is 12.8 Å². The molecule has 68 valence electrons. The van der Waals surface area contributed by atoms with E-state index in [0.29, 0.717) is 18.1 Å². The molecule has 0 aromatic heterocycles. The number of halogens is 1. The molecule has 0 aliphatic rings. The minimum Gasteiger partial charge on any atom is -0.494 e. The number of unbranched alkanes of at least 4 members (excludes halogenated alkanes) is 1. The molecule has 0 aliphatic carbocycles. The van der Waals surface area contributed by atoms with Crippen molar-refractivity contribution in [2.24, 2.45) is 0 Å². The Morgan fingerprint density at radius 1 is 1.31 bits per heavy atom. The van der Waals surface area contributed by atoms with E-state index in [1.54, 1.807) is 12.1 Å². The van der Waals surface area contributed by atoms with Crippen LogP contribution in [0.15, 0.2) is 24.3 Å². The Morgan fingerprint density at radius 3 is 2.62 bits per heavy atom. The van der Waals surface area contributed by atoms with E-state index in [2.05, 4.69) is 6.07 Å². The Morgan fingerprint density at radius 2 is 2.00 bits per heavy atom. The molecular formula is C10H10ClNO. The maximum absolute atomic E-state index is 8.28. The second-order valence-corrected chi connectivity index (χ2v) is 3.00. The van der Waals surface area contributed by atoms with Gasteiger partial charge < -0.3 is 4.74 Å². The van der Waals surface area contributed by atoms with E-state index >= 15 is 0 Å². The first-order valence-corrected chi connectivity index (χ1v) is 4.46. The van der Waals surface area contributed by atoms with Gasteiger partial charge in [0.05, 0.1) is 12.7 Å². The van der Waals surface area contributed by atoms with Gasteiger partial charge in [-0.1, -0.05) is 11.6 Å². The first kappa shape index (κ1) is 9.88. The van der Waals surface area contributed by atoms with Crippen molar-refractivity contribution in [2.75, 3.05) is 6.61 Å². The van der Waals surface area contributed by atoms with Gasteiger partial charge in [-0.05, 0) is 30.7 Å². The van der Waals surface area contributed by atoms with Crippen LogP contribution in [0, 0.1) is 11.3 Å². The molecule has 1 aromatic carbocycles. The summed E-state index contributed by atoms with van der Waals surface area (Å²) in [4.78, 5) is 0. The summed E-state index contributed by atoms with van der Waals surface area (Å²) in [5.41, 5.74) is 0. The molecule has 0 saturated heterocycles. The zero-order chi connectivity index (χ0) is 9.52. The average molecular weight is 196 g/mol. The lowest BCUT2D eigenvalue weighted by atomic mass is 10.3. The average Bonchev–Trinajstić information content (AvgIpc) is 2.15. The molecule has 2 nitrogen and oxygen atoms in total. The first-order valence-electron chi connectivity index (χ1n) is 4.08. The summed E-state index contributed by atoms with van der Waals surface area (Å²) in [5.74, 6) is 0.794. The quantitative estimate of drug-likeness (QED) is 0.692. The Kier molecular flexibility index (Phi) is 4.14. The molecule has 0 spiro atoms. The summed E-state index contributed by atoms with van der Waals surface area (Å²) in [6, 6.07) is 9.25. The molecule has 0 fully saturated rings. The van der Waals surface area contributed by atoms with Crippen molar-refractivity contribution < 1.29 is 4.74 Å². The highest BCUT2D eigenvalue weighted by Gasteiger charge is 1.92. The van der Waals surface area contributed by atoms with Crippen molar-refractivity contribution in [3.8, 4) is 11.8 Å². The fourth-order valence-electron chi connectivity index (χ4n) is 0.872. The second kappa shape index (κ2) is 5.45. The number of benzene rings is 1. The molecule has 0 saturated carbocycles. The van der Waals surface area contributed by atoms with Gasteiger partial charge in [-0.2, -0.15) is 5.26 Å². The zero-order valence-electron chi connectivity index (χ0n) is 7.16. The highest BCUT2D eigenvalue weighted by Crippen LogP contribution is 2.15. The van der Waals surface area contributed by atoms with E-state index in [9.17, 15) is 0 Å². The van der Waals surface area contributed by atoms with Gasteiger partial charge in [0.25, 0.3) is 0 Å². The van der Waals surface area contributed by atoms with Crippen LogP contribution < -0.4 is 4.74 Å². The lowest BCUT2D eigenvalue weighted by Gasteiger charge is -2.03. The first-order chi connectivity index (χ1) is 6.33. The molecule has 13 heavy (non-hydrogen) atoms. The van der Waals surface area contributed by atoms with E-state index in [4.69, 9.17) is 21.6 Å². The summed E-state index contributed by atoms with van der Waals surface area (Å²) >= 11 is 5.70. The largest absolute Gasteiger partial charge is 0.494 e. The van der Waals surface area contributed by atoms with Gasteiger partial charge in [0.15, 0.2) is 0 Å². The summed E-state index contributed by atoms with van der Waals surface area (Å²) in [6.45, 7) is 0.579. The summed E-state index contributed by atoms with van der Waals surface area (Å²) in [7, 11) is 0. The molecule has 0 amide bonds. The molecule has 0 aliphatic heterocycles. The monoisotopic (exact) mass is 195 g/mol. The minimum atomic E-state index is 0.535. The van der Waals surface area contributed by atoms with Crippen molar-refractivity contribution in [1.29, 1.82) is 5.26 Å². The maximum atomic E-state index is 8.28. The third-order valence-electron chi connectivity index (χ3n) is 1.52. The van der Waals surface area contributed by atoms with Crippen LogP contribution in [0.4, 0.5) is 0 Å². The van der Waals surface area contributed by atoms with Crippen LogP contribution in [0.2, 0.25) is 5.02 Å². The van der Waals surface area contributed by atoms with Crippen LogP contribution in [0.5, 0.6) is 5.75 Å². The van der Waals surface area contributed by atoms with E-state index in [1.165, 1.54) is 0 Å². The Balaban J connectivity index is 2.30. The van der Waals surface area contributed by atoms with Crippen molar-refractivity contribution in [2.45, 2.75) is 12.8 Å². The lowest BCUT2D eigenvalue weighted by Crippen LogP contribution is -1.95. The van der Waals surface area contributed by atoms with Gasteiger partial charge >= 0.3 is 0 Å². The highest BCUT2D eigenvalue weighted by molar-refractivity contribution is 6.30. The number of ether oxygens (including phenoxy) is 1. The number of nitriles is 1. The van der Waals surface area contributed by atoms with Gasteiger partial charge in [0, 0.05) is 11.4 Å². The highest BCUT2D eigenvalue weighted by atomic mass is 35.5. The molecular weight excluding hydrogens is 186 g/mol. The van der Waals surface area contributed by atoms with Crippen LogP contribution in [-0.2, 0) is 0 Å². The normalized spacial score (nSPS) is 9.23. The van der Waals surface area contributed by atoms with Crippen molar-refractivity contribution in [3.63, 3.8) is 0 Å². The van der Waals surface area contributed by atoms with Crippen LogP contribution in [0.3, 0.4) is 0 Å². The molecule has 0 radical (unpaired) electrons. The van der Waals surface area contributed by atoms with E-state index in [-0.39, 0.29) is 0 Å². The molecule has 0 unspecified atom stereocenters.